The van der Waals surface area contributed by atoms with Gasteiger partial charge in [-0.15, -0.1) is 12.6 Å². The Morgan fingerprint density at radius 3 is 2.69 bits per heavy atom. The number of hydrogen-bond acceptors (Lipinski definition) is 1. The van der Waals surface area contributed by atoms with Gasteiger partial charge in [-0.2, -0.15) is 0 Å². The fourth-order valence-electron chi connectivity index (χ4n) is 1.85. The zero-order chi connectivity index (χ0) is 8.81. The summed E-state index contributed by atoms with van der Waals surface area (Å²) in [5, 5.41) is 7.94. The van der Waals surface area contributed by atoms with Gasteiger partial charge >= 0.3 is 51.4 Å². The summed E-state index contributed by atoms with van der Waals surface area (Å²) in [6, 6.07) is 0.679. The summed E-state index contributed by atoms with van der Waals surface area (Å²) < 4.78 is 0. The second-order valence-corrected chi connectivity index (χ2v) is 3.83. The van der Waals surface area contributed by atoms with Gasteiger partial charge in [0.15, 0.2) is 0 Å². The molecule has 1 saturated carbocycles. The number of nitrogens with zero attached hydrogens (tertiary/aromatic N) is 1. The van der Waals surface area contributed by atoms with Crippen LogP contribution in [0.1, 0.15) is 33.1 Å². The summed E-state index contributed by atoms with van der Waals surface area (Å²) in [5.74, 6) is 0.915. The van der Waals surface area contributed by atoms with Crippen LogP contribution in [0.3, 0.4) is 0 Å². The van der Waals surface area contributed by atoms with E-state index in [4.69, 9.17) is 0 Å². The molecule has 13 heavy (non-hydrogen) atoms. The maximum atomic E-state index is 4.65. The number of nitrogens with one attached hydrogen (secondary N) is 1. The molecule has 72 valence electrons. The number of rotatable bonds is 5. The van der Waals surface area contributed by atoms with Gasteiger partial charge in [0.1, 0.15) is 0 Å². The van der Waals surface area contributed by atoms with Crippen LogP contribution < -0.4 is 56.7 Å². The van der Waals surface area contributed by atoms with Gasteiger partial charge < -0.3 is 10.6 Å². The summed E-state index contributed by atoms with van der Waals surface area (Å²) in [6.07, 6.45) is 4.04. The van der Waals surface area contributed by atoms with Crippen LogP contribution in [0, 0.1) is 5.92 Å². The van der Waals surface area contributed by atoms with E-state index in [-0.39, 0.29) is 51.4 Å². The molecule has 0 aliphatic heterocycles. The molecule has 0 aromatic carbocycles. The van der Waals surface area contributed by atoms with E-state index in [1.807, 2.05) is 0 Å². The molecule has 2 atom stereocenters. The molecule has 1 fully saturated rings. The topological polar surface area (TPSA) is 26.1 Å². The molecule has 0 spiro atoms. The standard InChI is InChI=1S/C10H21N2.K/c1-3-11-6-7-12-10-5-4-9(2)8-10;/h9-11H,3-8H2,1-2H3;/q-1;+1. The largest absolute Gasteiger partial charge is 1.00 e. The Balaban J connectivity index is 0.00000144. The van der Waals surface area contributed by atoms with Crippen molar-refractivity contribution in [3.8, 4) is 0 Å². The first-order chi connectivity index (χ1) is 5.83. The van der Waals surface area contributed by atoms with Gasteiger partial charge in [-0.25, -0.2) is 0 Å². The molecule has 0 bridgehead atoms. The molecule has 0 aromatic heterocycles. The first-order valence-corrected chi connectivity index (χ1v) is 5.20. The zero-order valence-corrected chi connectivity index (χ0v) is 12.5. The SMILES string of the molecule is CCNCC[N-]C1CCC(C)C1.[K+]. The minimum atomic E-state index is 0. The summed E-state index contributed by atoms with van der Waals surface area (Å²) in [5.41, 5.74) is 0. The Morgan fingerprint density at radius 2 is 2.15 bits per heavy atom. The third-order valence-corrected chi connectivity index (χ3v) is 2.59. The average molecular weight is 208 g/mol. The third-order valence-electron chi connectivity index (χ3n) is 2.59. The van der Waals surface area contributed by atoms with Gasteiger partial charge in [-0.3, -0.25) is 0 Å². The molecule has 1 rings (SSSR count). The van der Waals surface area contributed by atoms with E-state index in [2.05, 4.69) is 24.5 Å². The van der Waals surface area contributed by atoms with Gasteiger partial charge in [0.2, 0.25) is 0 Å². The van der Waals surface area contributed by atoms with Crippen LogP contribution in [-0.2, 0) is 0 Å². The van der Waals surface area contributed by atoms with Crippen LogP contribution in [0.25, 0.3) is 5.32 Å². The molecule has 0 amide bonds. The molecule has 2 nitrogen and oxygen atoms in total. The maximum absolute atomic E-state index is 4.65. The monoisotopic (exact) mass is 208 g/mol. The smallest absolute Gasteiger partial charge is 0.658 e. The van der Waals surface area contributed by atoms with Crippen LogP contribution in [0.15, 0.2) is 0 Å². The van der Waals surface area contributed by atoms with Crippen LogP contribution in [0.5, 0.6) is 0 Å². The van der Waals surface area contributed by atoms with Crippen molar-refractivity contribution < 1.29 is 51.4 Å². The Hall–Kier alpha value is 1.56. The van der Waals surface area contributed by atoms with Crippen LogP contribution >= 0.6 is 0 Å². The maximum Gasteiger partial charge on any atom is 1.00 e. The fraction of sp³-hybridized carbons (Fsp3) is 1.00. The number of hydrogen-bond donors (Lipinski definition) is 1. The van der Waals surface area contributed by atoms with Gasteiger partial charge in [0, 0.05) is 0 Å². The zero-order valence-electron chi connectivity index (χ0n) is 9.34. The third kappa shape index (κ3) is 6.60. The van der Waals surface area contributed by atoms with Crippen molar-refractivity contribution >= 4 is 0 Å². The molecule has 1 N–H and O–H groups in total. The van der Waals surface area contributed by atoms with E-state index in [0.717, 1.165) is 25.6 Å². The van der Waals surface area contributed by atoms with E-state index in [1.165, 1.54) is 19.3 Å². The average Bonchev–Trinajstić information content (AvgIpc) is 2.45. The molecule has 0 radical (unpaired) electrons. The summed E-state index contributed by atoms with van der Waals surface area (Å²) >= 11 is 0. The predicted molar refractivity (Wildman–Crippen MR) is 53.6 cm³/mol. The minimum absolute atomic E-state index is 0. The summed E-state index contributed by atoms with van der Waals surface area (Å²) in [6.45, 7) is 7.60. The minimum Gasteiger partial charge on any atom is -0.658 e. The van der Waals surface area contributed by atoms with Crippen molar-refractivity contribution in [1.29, 1.82) is 0 Å². The Bertz CT molecular complexity index is 119. The Labute approximate surface area is 125 Å². The Morgan fingerprint density at radius 1 is 1.38 bits per heavy atom. The first-order valence-electron chi connectivity index (χ1n) is 5.20. The van der Waals surface area contributed by atoms with Crippen molar-refractivity contribution in [2.75, 3.05) is 19.6 Å². The van der Waals surface area contributed by atoms with Gasteiger partial charge in [0.05, 0.1) is 0 Å². The van der Waals surface area contributed by atoms with Crippen LogP contribution in [0.4, 0.5) is 0 Å². The van der Waals surface area contributed by atoms with Crippen molar-refractivity contribution in [2.24, 2.45) is 5.92 Å². The van der Waals surface area contributed by atoms with E-state index < -0.39 is 0 Å². The van der Waals surface area contributed by atoms with E-state index in [1.54, 1.807) is 0 Å². The van der Waals surface area contributed by atoms with Gasteiger partial charge in [-0.05, 0) is 19.0 Å². The molecule has 0 aromatic rings. The van der Waals surface area contributed by atoms with E-state index in [0.29, 0.717) is 6.04 Å². The van der Waals surface area contributed by atoms with Crippen LogP contribution in [-0.4, -0.2) is 25.7 Å². The quantitative estimate of drug-likeness (QED) is 0.463. The van der Waals surface area contributed by atoms with E-state index in [9.17, 15) is 0 Å². The summed E-state index contributed by atoms with van der Waals surface area (Å²) in [7, 11) is 0. The predicted octanol–water partition coefficient (Wildman–Crippen LogP) is -0.838. The molecule has 1 aliphatic carbocycles. The molecule has 3 heteroatoms. The molecular weight excluding hydrogens is 187 g/mol. The van der Waals surface area contributed by atoms with Crippen molar-refractivity contribution in [1.82, 2.24) is 5.32 Å². The molecule has 0 heterocycles. The Kier molecular flexibility index (Phi) is 9.89. The normalized spacial score (nSPS) is 27.2. The first kappa shape index (κ1) is 14.6. The van der Waals surface area contributed by atoms with Gasteiger partial charge in [0.25, 0.3) is 0 Å². The summed E-state index contributed by atoms with van der Waals surface area (Å²) in [4.78, 5) is 0. The number of likely N-dealkylation sites (N-methyl/N-ethyl adjacent to an activating group) is 1. The second-order valence-electron chi connectivity index (χ2n) is 3.83. The van der Waals surface area contributed by atoms with E-state index >= 15 is 0 Å². The van der Waals surface area contributed by atoms with Crippen molar-refractivity contribution in [3.05, 3.63) is 5.32 Å². The molecule has 2 unspecified atom stereocenters. The van der Waals surface area contributed by atoms with Crippen molar-refractivity contribution in [2.45, 2.75) is 39.2 Å². The molecular formula is C10H21KN2. The molecule has 1 aliphatic rings. The van der Waals surface area contributed by atoms with Crippen LogP contribution in [0.2, 0.25) is 0 Å². The molecule has 0 saturated heterocycles. The fourth-order valence-corrected chi connectivity index (χ4v) is 1.85. The second kappa shape index (κ2) is 8.83. The van der Waals surface area contributed by atoms with Gasteiger partial charge in [-0.1, -0.05) is 33.1 Å². The van der Waals surface area contributed by atoms with Crippen molar-refractivity contribution in [3.63, 3.8) is 0 Å².